The average Bonchev–Trinajstić information content (AvgIpc) is 3.38. The summed E-state index contributed by atoms with van der Waals surface area (Å²) in [6, 6.07) is 5.72. The van der Waals surface area contributed by atoms with Crippen molar-refractivity contribution in [3.63, 3.8) is 0 Å². The van der Waals surface area contributed by atoms with Crippen LogP contribution in [0.1, 0.15) is 27.8 Å². The Kier molecular flexibility index (Phi) is 6.42. The number of esters is 2. The van der Waals surface area contributed by atoms with Gasteiger partial charge in [0.25, 0.3) is 11.5 Å². The number of ether oxygens (including phenoxy) is 2. The minimum absolute atomic E-state index is 0.117. The molecule has 0 saturated carbocycles. The molecule has 3 aromatic rings. The lowest BCUT2D eigenvalue weighted by Gasteiger charge is -2.08. The summed E-state index contributed by atoms with van der Waals surface area (Å²) >= 11 is 1.11. The first kappa shape index (κ1) is 21.0. The lowest BCUT2D eigenvalue weighted by molar-refractivity contribution is -0.119. The van der Waals surface area contributed by atoms with Crippen LogP contribution < -0.4 is 10.9 Å². The number of amides is 1. The standard InChI is InChI=1S/C19H17N3O7S/c1-3-27-19(26)16-11(13-5-4-8-28-13)10-30-17(16)20-14(23)9-29-18(25)12-6-7-15(24)22(2)21-12/h4-8,10H,3,9H2,1-2H3,(H,20,23). The highest BCUT2D eigenvalue weighted by molar-refractivity contribution is 7.15. The smallest absolute Gasteiger partial charge is 0.359 e. The molecule has 1 amide bonds. The van der Waals surface area contributed by atoms with Gasteiger partial charge in [0.2, 0.25) is 0 Å². The zero-order chi connectivity index (χ0) is 21.7. The molecule has 0 aliphatic carbocycles. The van der Waals surface area contributed by atoms with E-state index in [4.69, 9.17) is 13.9 Å². The van der Waals surface area contributed by atoms with Crippen molar-refractivity contribution in [2.24, 2.45) is 7.05 Å². The summed E-state index contributed by atoms with van der Waals surface area (Å²) in [7, 11) is 1.39. The highest BCUT2D eigenvalue weighted by atomic mass is 32.1. The Hall–Kier alpha value is -3.73. The van der Waals surface area contributed by atoms with Crippen molar-refractivity contribution in [1.29, 1.82) is 0 Å². The summed E-state index contributed by atoms with van der Waals surface area (Å²) in [5, 5.41) is 8.19. The second-order valence-electron chi connectivity index (χ2n) is 5.86. The molecule has 30 heavy (non-hydrogen) atoms. The molecule has 10 nitrogen and oxygen atoms in total. The van der Waals surface area contributed by atoms with Crippen LogP contribution in [0.15, 0.2) is 45.1 Å². The van der Waals surface area contributed by atoms with Crippen LogP contribution in [0, 0.1) is 0 Å². The number of hydrogen-bond acceptors (Lipinski definition) is 9. The summed E-state index contributed by atoms with van der Waals surface area (Å²) in [5.41, 5.74) is 0.121. The predicted molar refractivity (Wildman–Crippen MR) is 106 cm³/mol. The summed E-state index contributed by atoms with van der Waals surface area (Å²) in [4.78, 5) is 48.0. The van der Waals surface area contributed by atoms with Crippen LogP contribution in [-0.4, -0.2) is 40.8 Å². The number of carbonyl (C=O) groups excluding carboxylic acids is 3. The van der Waals surface area contributed by atoms with Gasteiger partial charge in [-0.15, -0.1) is 11.3 Å². The monoisotopic (exact) mass is 431 g/mol. The second-order valence-corrected chi connectivity index (χ2v) is 6.74. The highest BCUT2D eigenvalue weighted by Crippen LogP contribution is 2.36. The number of aromatic nitrogens is 2. The summed E-state index contributed by atoms with van der Waals surface area (Å²) in [5.74, 6) is -1.70. The number of furan rings is 1. The first-order valence-corrected chi connectivity index (χ1v) is 9.62. The molecule has 3 rings (SSSR count). The van der Waals surface area contributed by atoms with Crippen molar-refractivity contribution in [3.05, 3.63) is 57.5 Å². The zero-order valence-electron chi connectivity index (χ0n) is 16.0. The number of thiophene rings is 1. The van der Waals surface area contributed by atoms with Crippen LogP contribution in [0.3, 0.4) is 0 Å². The fraction of sp³-hybridized carbons (Fsp3) is 0.211. The van der Waals surface area contributed by atoms with E-state index < -0.39 is 24.5 Å². The maximum absolute atomic E-state index is 12.4. The van der Waals surface area contributed by atoms with E-state index in [0.29, 0.717) is 11.3 Å². The van der Waals surface area contributed by atoms with Gasteiger partial charge in [0.1, 0.15) is 16.3 Å². The van der Waals surface area contributed by atoms with Crippen molar-refractivity contribution in [2.45, 2.75) is 6.92 Å². The molecule has 1 N–H and O–H groups in total. The van der Waals surface area contributed by atoms with Gasteiger partial charge in [-0.25, -0.2) is 14.3 Å². The van der Waals surface area contributed by atoms with E-state index >= 15 is 0 Å². The third-order valence-electron chi connectivity index (χ3n) is 3.81. The largest absolute Gasteiger partial charge is 0.464 e. The molecule has 0 atom stereocenters. The Morgan fingerprint density at radius 2 is 2.00 bits per heavy atom. The van der Waals surface area contributed by atoms with E-state index in [-0.39, 0.29) is 28.4 Å². The normalized spacial score (nSPS) is 10.5. The first-order chi connectivity index (χ1) is 14.4. The molecule has 0 fully saturated rings. The van der Waals surface area contributed by atoms with Crippen molar-refractivity contribution in [2.75, 3.05) is 18.5 Å². The fourth-order valence-electron chi connectivity index (χ4n) is 2.45. The van der Waals surface area contributed by atoms with Crippen LogP contribution in [-0.2, 0) is 21.3 Å². The number of hydrogen-bond donors (Lipinski definition) is 1. The molecular weight excluding hydrogens is 414 g/mol. The average molecular weight is 431 g/mol. The molecule has 0 saturated heterocycles. The topological polar surface area (TPSA) is 130 Å². The molecule has 0 unspecified atom stereocenters. The highest BCUT2D eigenvalue weighted by Gasteiger charge is 2.24. The first-order valence-electron chi connectivity index (χ1n) is 8.74. The maximum Gasteiger partial charge on any atom is 0.359 e. The molecule has 3 aromatic heterocycles. The molecule has 3 heterocycles. The van der Waals surface area contributed by atoms with Gasteiger partial charge in [-0.1, -0.05) is 0 Å². The predicted octanol–water partition coefficient (Wildman–Crippen LogP) is 2.07. The number of anilines is 1. The van der Waals surface area contributed by atoms with E-state index in [0.717, 1.165) is 22.1 Å². The van der Waals surface area contributed by atoms with Crippen molar-refractivity contribution < 1.29 is 28.3 Å². The van der Waals surface area contributed by atoms with E-state index in [2.05, 4.69) is 10.4 Å². The van der Waals surface area contributed by atoms with Crippen LogP contribution in [0.2, 0.25) is 0 Å². The van der Waals surface area contributed by atoms with Gasteiger partial charge >= 0.3 is 11.9 Å². The zero-order valence-corrected chi connectivity index (χ0v) is 16.9. The van der Waals surface area contributed by atoms with Crippen molar-refractivity contribution in [3.8, 4) is 11.3 Å². The Morgan fingerprint density at radius 3 is 2.67 bits per heavy atom. The third-order valence-corrected chi connectivity index (χ3v) is 4.71. The number of nitrogens with zero attached hydrogens (tertiary/aromatic N) is 2. The molecule has 156 valence electrons. The number of aryl methyl sites for hydroxylation is 1. The van der Waals surface area contributed by atoms with E-state index in [1.54, 1.807) is 24.4 Å². The van der Waals surface area contributed by atoms with Crippen LogP contribution in [0.5, 0.6) is 0 Å². The van der Waals surface area contributed by atoms with Crippen molar-refractivity contribution >= 4 is 34.2 Å². The number of carbonyl (C=O) groups is 3. The Bertz CT molecular complexity index is 1130. The molecule has 11 heteroatoms. The molecule has 0 spiro atoms. The van der Waals surface area contributed by atoms with Crippen LogP contribution in [0.25, 0.3) is 11.3 Å². The molecule has 0 radical (unpaired) electrons. The quantitative estimate of drug-likeness (QED) is 0.563. The van der Waals surface area contributed by atoms with Gasteiger partial charge < -0.3 is 19.2 Å². The fourth-order valence-corrected chi connectivity index (χ4v) is 3.40. The summed E-state index contributed by atoms with van der Waals surface area (Å²) < 4.78 is 16.3. The van der Waals surface area contributed by atoms with Gasteiger partial charge in [0.15, 0.2) is 12.3 Å². The summed E-state index contributed by atoms with van der Waals surface area (Å²) in [6.45, 7) is 1.21. The lowest BCUT2D eigenvalue weighted by atomic mass is 10.1. The Labute approximate surface area is 174 Å². The molecule has 0 aliphatic rings. The van der Waals surface area contributed by atoms with Crippen LogP contribution >= 0.6 is 11.3 Å². The van der Waals surface area contributed by atoms with Gasteiger partial charge in [0.05, 0.1) is 12.9 Å². The van der Waals surface area contributed by atoms with E-state index in [9.17, 15) is 19.2 Å². The molecule has 0 bridgehead atoms. The van der Waals surface area contributed by atoms with Crippen molar-refractivity contribution in [1.82, 2.24) is 9.78 Å². The SMILES string of the molecule is CCOC(=O)c1c(-c2ccco2)csc1NC(=O)COC(=O)c1ccc(=O)n(C)n1. The number of nitrogens with one attached hydrogen (secondary N) is 1. The minimum atomic E-state index is -0.867. The minimum Gasteiger partial charge on any atom is -0.464 e. The maximum atomic E-state index is 12.4. The van der Waals surface area contributed by atoms with Gasteiger partial charge in [-0.3, -0.25) is 9.59 Å². The second kappa shape index (κ2) is 9.18. The van der Waals surface area contributed by atoms with E-state index in [1.807, 2.05) is 0 Å². The van der Waals surface area contributed by atoms with Gasteiger partial charge in [0, 0.05) is 24.1 Å². The van der Waals surface area contributed by atoms with Gasteiger partial charge in [-0.2, -0.15) is 5.10 Å². The molecule has 0 aliphatic heterocycles. The molecule has 0 aromatic carbocycles. The lowest BCUT2D eigenvalue weighted by Crippen LogP contribution is -2.25. The van der Waals surface area contributed by atoms with E-state index in [1.165, 1.54) is 19.4 Å². The third kappa shape index (κ3) is 4.63. The number of rotatable bonds is 7. The Morgan fingerprint density at radius 1 is 1.20 bits per heavy atom. The van der Waals surface area contributed by atoms with Gasteiger partial charge in [-0.05, 0) is 25.1 Å². The Balaban J connectivity index is 1.71. The van der Waals surface area contributed by atoms with Crippen LogP contribution in [0.4, 0.5) is 5.00 Å². The molecular formula is C19H17N3O7S. The summed E-state index contributed by atoms with van der Waals surface area (Å²) in [6.07, 6.45) is 1.47.